The Balaban J connectivity index is 1.52. The van der Waals surface area contributed by atoms with Crippen LogP contribution in [0, 0.1) is 5.92 Å². The normalized spacial score (nSPS) is 18.2. The van der Waals surface area contributed by atoms with Gasteiger partial charge in [-0.15, -0.1) is 0 Å². The quantitative estimate of drug-likeness (QED) is 0.191. The van der Waals surface area contributed by atoms with Gasteiger partial charge in [0.15, 0.2) is 0 Å². The van der Waals surface area contributed by atoms with Crippen molar-refractivity contribution in [1.82, 2.24) is 19.0 Å². The van der Waals surface area contributed by atoms with E-state index in [-0.39, 0.29) is 10.8 Å². The molecule has 11 heteroatoms. The molecule has 3 heterocycles. The topological polar surface area (TPSA) is 84.7 Å². The number of carbonyl (C=O) groups excluding carboxylic acids is 1. The van der Waals surface area contributed by atoms with Gasteiger partial charge in [0.25, 0.3) is 5.91 Å². The Labute approximate surface area is 245 Å². The lowest BCUT2D eigenvalue weighted by molar-refractivity contribution is -0.122. The third-order valence-electron chi connectivity index (χ3n) is 7.14. The number of para-hydroxylation sites is 1. The smallest absolute Gasteiger partial charge is 0.266 e. The fraction of sp³-hybridized carbons (Fsp3) is 0.345. The molecule has 0 aliphatic carbocycles. The van der Waals surface area contributed by atoms with Gasteiger partial charge in [0.1, 0.15) is 10.0 Å². The number of thiocarbonyl (C=S) groups is 1. The predicted molar refractivity (Wildman–Crippen MR) is 163 cm³/mol. The van der Waals surface area contributed by atoms with Gasteiger partial charge < -0.3 is 4.74 Å². The van der Waals surface area contributed by atoms with Crippen LogP contribution < -0.4 is 0 Å². The van der Waals surface area contributed by atoms with Crippen molar-refractivity contribution in [2.45, 2.75) is 31.1 Å². The zero-order valence-electron chi connectivity index (χ0n) is 22.5. The maximum Gasteiger partial charge on any atom is 0.266 e. The summed E-state index contributed by atoms with van der Waals surface area (Å²) in [6.45, 7) is 4.23. The predicted octanol–water partition coefficient (Wildman–Crippen LogP) is 5.20. The van der Waals surface area contributed by atoms with Gasteiger partial charge in [-0.25, -0.2) is 13.1 Å². The van der Waals surface area contributed by atoms with E-state index in [1.165, 1.54) is 11.8 Å². The number of hydrogen-bond donors (Lipinski definition) is 0. The molecule has 0 spiro atoms. The molecular formula is C29H32N4O4S3. The largest absolute Gasteiger partial charge is 0.385 e. The van der Waals surface area contributed by atoms with Crippen molar-refractivity contribution in [2.75, 3.05) is 33.4 Å². The van der Waals surface area contributed by atoms with E-state index in [2.05, 4.69) is 6.92 Å². The minimum Gasteiger partial charge on any atom is -0.385 e. The zero-order valence-corrected chi connectivity index (χ0v) is 25.0. The maximum atomic E-state index is 13.5. The number of amides is 1. The second kappa shape index (κ2) is 12.4. The highest BCUT2D eigenvalue weighted by Gasteiger charge is 2.32. The van der Waals surface area contributed by atoms with E-state index in [9.17, 15) is 13.2 Å². The van der Waals surface area contributed by atoms with Crippen molar-refractivity contribution >= 4 is 50.3 Å². The highest BCUT2D eigenvalue weighted by atomic mass is 32.2. The average molecular weight is 597 g/mol. The molecule has 0 unspecified atom stereocenters. The molecule has 2 saturated heterocycles. The molecule has 0 atom stereocenters. The highest BCUT2D eigenvalue weighted by molar-refractivity contribution is 8.26. The van der Waals surface area contributed by atoms with Crippen molar-refractivity contribution in [3.63, 3.8) is 0 Å². The molecule has 3 aromatic rings. The molecule has 1 aromatic heterocycles. The lowest BCUT2D eigenvalue weighted by Gasteiger charge is -2.29. The van der Waals surface area contributed by atoms with Gasteiger partial charge in [-0.3, -0.25) is 9.69 Å². The molecule has 1 amide bonds. The summed E-state index contributed by atoms with van der Waals surface area (Å²) in [5, 5.41) is 4.84. The number of methoxy groups -OCH3 is 1. The number of carbonyl (C=O) groups is 1. The van der Waals surface area contributed by atoms with Gasteiger partial charge in [0, 0.05) is 50.7 Å². The van der Waals surface area contributed by atoms with Crippen LogP contribution in [0.5, 0.6) is 0 Å². The first-order valence-corrected chi connectivity index (χ1v) is 15.9. The van der Waals surface area contributed by atoms with E-state index in [0.717, 1.165) is 18.5 Å². The van der Waals surface area contributed by atoms with Crippen LogP contribution in [0.25, 0.3) is 23.0 Å². The van der Waals surface area contributed by atoms with Crippen LogP contribution >= 0.6 is 24.0 Å². The van der Waals surface area contributed by atoms with Gasteiger partial charge >= 0.3 is 0 Å². The molecule has 0 N–H and O–H groups in total. The summed E-state index contributed by atoms with van der Waals surface area (Å²) >= 11 is 6.75. The molecule has 0 saturated carbocycles. The second-order valence-corrected chi connectivity index (χ2v) is 13.6. The van der Waals surface area contributed by atoms with Crippen molar-refractivity contribution < 1.29 is 17.9 Å². The van der Waals surface area contributed by atoms with Crippen LogP contribution in [-0.2, 0) is 19.6 Å². The molecule has 0 radical (unpaired) electrons. The average Bonchev–Trinajstić information content (AvgIpc) is 3.50. The Morgan fingerprint density at radius 3 is 2.60 bits per heavy atom. The zero-order chi connectivity index (χ0) is 28.3. The number of nitrogens with zero attached hydrogens (tertiary/aromatic N) is 4. The first kappa shape index (κ1) is 28.7. The lowest BCUT2D eigenvalue weighted by atomic mass is 10.0. The number of ether oxygens (including phenoxy) is 1. The van der Waals surface area contributed by atoms with Crippen molar-refractivity contribution in [2.24, 2.45) is 5.92 Å². The summed E-state index contributed by atoms with van der Waals surface area (Å²) < 4.78 is 36.0. The monoisotopic (exact) mass is 596 g/mol. The number of rotatable bonds is 9. The first-order chi connectivity index (χ1) is 19.3. The minimum atomic E-state index is -3.64. The molecule has 2 fully saturated rings. The van der Waals surface area contributed by atoms with Gasteiger partial charge in [0.05, 0.1) is 15.5 Å². The third-order valence-corrected chi connectivity index (χ3v) is 10.4. The van der Waals surface area contributed by atoms with Crippen molar-refractivity contribution in [1.29, 1.82) is 0 Å². The van der Waals surface area contributed by atoms with E-state index < -0.39 is 10.0 Å². The number of aromatic nitrogens is 2. The van der Waals surface area contributed by atoms with Crippen molar-refractivity contribution in [3.8, 4) is 16.9 Å². The first-order valence-electron chi connectivity index (χ1n) is 13.3. The van der Waals surface area contributed by atoms with Crippen molar-refractivity contribution in [3.05, 3.63) is 71.3 Å². The van der Waals surface area contributed by atoms with E-state index in [4.69, 9.17) is 22.1 Å². The van der Waals surface area contributed by atoms with Gasteiger partial charge in [-0.2, -0.15) is 9.40 Å². The number of piperidine rings is 1. The fourth-order valence-electron chi connectivity index (χ4n) is 4.81. The summed E-state index contributed by atoms with van der Waals surface area (Å²) in [5.41, 5.74) is 2.78. The Morgan fingerprint density at radius 1 is 1.12 bits per heavy atom. The molecule has 2 aromatic carbocycles. The number of benzene rings is 2. The number of thioether (sulfide) groups is 1. The summed E-state index contributed by atoms with van der Waals surface area (Å²) in [5.74, 6) is 0.371. The Morgan fingerprint density at radius 2 is 1.88 bits per heavy atom. The highest BCUT2D eigenvalue weighted by Crippen LogP contribution is 2.35. The van der Waals surface area contributed by atoms with Crippen LogP contribution in [-0.4, -0.2) is 71.0 Å². The Kier molecular flexibility index (Phi) is 8.86. The Bertz CT molecular complexity index is 1530. The molecule has 5 rings (SSSR count). The summed E-state index contributed by atoms with van der Waals surface area (Å²) in [6.07, 6.45) is 6.05. The van der Waals surface area contributed by atoms with E-state index in [1.807, 2.05) is 42.6 Å². The minimum absolute atomic E-state index is 0.153. The lowest BCUT2D eigenvalue weighted by Crippen LogP contribution is -2.37. The van der Waals surface area contributed by atoms with Crippen LogP contribution in [0.1, 0.15) is 31.7 Å². The molecule has 40 heavy (non-hydrogen) atoms. The van der Waals surface area contributed by atoms with Crippen LogP contribution in [0.15, 0.2) is 70.6 Å². The van der Waals surface area contributed by atoms with E-state index in [0.29, 0.717) is 64.6 Å². The van der Waals surface area contributed by atoms with E-state index >= 15 is 0 Å². The molecular weight excluding hydrogens is 565 g/mol. The SMILES string of the molecule is COCCCN1C(=O)C(=Cc2cn(-c3ccccc3)nc2-c2cccc(S(=O)(=O)N3CCC(C)CC3)c2)SC1=S. The van der Waals surface area contributed by atoms with Gasteiger partial charge in [0.2, 0.25) is 10.0 Å². The van der Waals surface area contributed by atoms with Gasteiger partial charge in [-0.05, 0) is 55.5 Å². The van der Waals surface area contributed by atoms with Crippen LogP contribution in [0.2, 0.25) is 0 Å². The molecule has 210 valence electrons. The standard InChI is InChI=1S/C29H32N4O4S3/c1-21-12-15-31(16-13-21)40(35,36)25-11-6-8-22(18-25)27-23(20-33(30-27)24-9-4-3-5-10-24)19-26-28(34)32(29(38)39-26)14-7-17-37-2/h3-6,8-11,18-21H,7,12-17H2,1-2H3. The number of hydrogen-bond acceptors (Lipinski definition) is 7. The summed E-state index contributed by atoms with van der Waals surface area (Å²) in [4.78, 5) is 15.6. The van der Waals surface area contributed by atoms with E-state index in [1.54, 1.807) is 45.3 Å². The molecule has 0 bridgehead atoms. The van der Waals surface area contributed by atoms with Gasteiger partial charge in [-0.1, -0.05) is 61.2 Å². The Hall–Kier alpha value is -2.83. The molecule has 2 aliphatic heterocycles. The molecule has 8 nitrogen and oxygen atoms in total. The third kappa shape index (κ3) is 6.08. The van der Waals surface area contributed by atoms with Crippen LogP contribution in [0.3, 0.4) is 0 Å². The maximum absolute atomic E-state index is 13.5. The number of sulfonamides is 1. The van der Waals surface area contributed by atoms with Crippen LogP contribution in [0.4, 0.5) is 0 Å². The summed E-state index contributed by atoms with van der Waals surface area (Å²) in [6, 6.07) is 16.6. The second-order valence-electron chi connectivity index (χ2n) is 10.0. The molecule has 2 aliphatic rings. The fourth-order valence-corrected chi connectivity index (χ4v) is 7.62. The summed E-state index contributed by atoms with van der Waals surface area (Å²) in [7, 11) is -2.01.